The minimum atomic E-state index is -0.0961. The quantitative estimate of drug-likeness (QED) is 0.676. The number of nitrogens with zero attached hydrogens (tertiary/aromatic N) is 2. The summed E-state index contributed by atoms with van der Waals surface area (Å²) in [7, 11) is 0. The maximum Gasteiger partial charge on any atom is 0.139 e. The van der Waals surface area contributed by atoms with E-state index in [1.165, 1.54) is 11.3 Å². The van der Waals surface area contributed by atoms with Crippen LogP contribution in [0.2, 0.25) is 0 Å². The van der Waals surface area contributed by atoms with Crippen molar-refractivity contribution in [3.63, 3.8) is 0 Å². The van der Waals surface area contributed by atoms with Crippen molar-refractivity contribution in [3.8, 4) is 0 Å². The smallest absolute Gasteiger partial charge is 0.139 e. The molecule has 0 aliphatic carbocycles. The molecular weight excluding hydrogens is 160 g/mol. The lowest BCUT2D eigenvalue weighted by atomic mass is 10.1. The van der Waals surface area contributed by atoms with Crippen LogP contribution in [0.4, 0.5) is 0 Å². The molecule has 1 unspecified atom stereocenters. The molecule has 1 aromatic heterocycles. The van der Waals surface area contributed by atoms with Crippen molar-refractivity contribution in [3.05, 3.63) is 10.0 Å². The van der Waals surface area contributed by atoms with E-state index in [0.717, 1.165) is 10.0 Å². The van der Waals surface area contributed by atoms with Gasteiger partial charge in [-0.1, -0.05) is 0 Å². The summed E-state index contributed by atoms with van der Waals surface area (Å²) in [5.41, 5.74) is 0. The van der Waals surface area contributed by atoms with Gasteiger partial charge < -0.3 is 0 Å². The number of rotatable bonds is 2. The van der Waals surface area contributed by atoms with Crippen LogP contribution in [-0.4, -0.2) is 16.0 Å². The molecule has 1 heterocycles. The largest absolute Gasteiger partial charge is 0.299 e. The van der Waals surface area contributed by atoms with Gasteiger partial charge in [-0.25, -0.2) is 0 Å². The second kappa shape index (κ2) is 3.09. The van der Waals surface area contributed by atoms with Crippen LogP contribution in [0.5, 0.6) is 0 Å². The van der Waals surface area contributed by atoms with Crippen molar-refractivity contribution in [1.29, 1.82) is 0 Å². The lowest BCUT2D eigenvalue weighted by Gasteiger charge is -1.98. The first-order valence-electron chi connectivity index (χ1n) is 3.41. The first kappa shape index (κ1) is 8.33. The summed E-state index contributed by atoms with van der Waals surface area (Å²) in [5.74, 6) is 0.0438. The molecule has 1 atom stereocenters. The molecule has 0 saturated carbocycles. The number of ketones is 1. The maximum absolute atomic E-state index is 10.9. The van der Waals surface area contributed by atoms with Crippen LogP contribution in [-0.2, 0) is 4.79 Å². The Morgan fingerprint density at radius 2 is 2.18 bits per heavy atom. The van der Waals surface area contributed by atoms with Crippen molar-refractivity contribution in [1.82, 2.24) is 10.2 Å². The van der Waals surface area contributed by atoms with Crippen LogP contribution in [0.3, 0.4) is 0 Å². The third-order valence-corrected chi connectivity index (χ3v) is 2.54. The van der Waals surface area contributed by atoms with Crippen molar-refractivity contribution >= 4 is 17.1 Å². The molecule has 60 valence electrons. The molecule has 0 aliphatic heterocycles. The van der Waals surface area contributed by atoms with Gasteiger partial charge in [0.2, 0.25) is 0 Å². The van der Waals surface area contributed by atoms with Crippen LogP contribution in [0.25, 0.3) is 0 Å². The molecule has 1 aromatic rings. The number of aromatic nitrogens is 2. The van der Waals surface area contributed by atoms with Gasteiger partial charge in [0.15, 0.2) is 0 Å². The van der Waals surface area contributed by atoms with Crippen molar-refractivity contribution in [2.24, 2.45) is 0 Å². The number of Topliss-reactive ketones (excluding diaryl/α,β-unsaturated/α-hetero) is 1. The van der Waals surface area contributed by atoms with Crippen LogP contribution < -0.4 is 0 Å². The lowest BCUT2D eigenvalue weighted by Crippen LogP contribution is -2.03. The lowest BCUT2D eigenvalue weighted by molar-refractivity contribution is -0.118. The third-order valence-electron chi connectivity index (χ3n) is 1.52. The van der Waals surface area contributed by atoms with Gasteiger partial charge in [0, 0.05) is 0 Å². The third kappa shape index (κ3) is 1.83. The Morgan fingerprint density at radius 1 is 1.55 bits per heavy atom. The first-order valence-corrected chi connectivity index (χ1v) is 4.23. The SMILES string of the molecule is CC(=O)C(C)c1nnc(C)s1. The second-order valence-corrected chi connectivity index (χ2v) is 3.70. The Bertz CT molecular complexity index is 269. The molecule has 0 amide bonds. The number of carbonyl (C=O) groups excluding carboxylic acids is 1. The molecule has 0 spiro atoms. The highest BCUT2D eigenvalue weighted by molar-refractivity contribution is 7.11. The minimum Gasteiger partial charge on any atom is -0.299 e. The van der Waals surface area contributed by atoms with Crippen molar-refractivity contribution in [2.75, 3.05) is 0 Å². The topological polar surface area (TPSA) is 42.9 Å². The highest BCUT2D eigenvalue weighted by Crippen LogP contribution is 2.19. The molecule has 0 bridgehead atoms. The van der Waals surface area contributed by atoms with Crippen LogP contribution in [0.1, 0.15) is 29.8 Å². The zero-order valence-corrected chi connectivity index (χ0v) is 7.60. The molecule has 11 heavy (non-hydrogen) atoms. The van der Waals surface area contributed by atoms with Gasteiger partial charge in [0.05, 0.1) is 5.92 Å². The molecule has 4 heteroatoms. The molecule has 0 saturated heterocycles. The van der Waals surface area contributed by atoms with E-state index in [-0.39, 0.29) is 11.7 Å². The first-order chi connectivity index (χ1) is 5.11. The van der Waals surface area contributed by atoms with Gasteiger partial charge in [-0.3, -0.25) is 4.79 Å². The molecule has 3 nitrogen and oxygen atoms in total. The Labute approximate surface area is 69.5 Å². The highest BCUT2D eigenvalue weighted by atomic mass is 32.1. The molecule has 0 radical (unpaired) electrons. The van der Waals surface area contributed by atoms with E-state index in [1.54, 1.807) is 6.92 Å². The van der Waals surface area contributed by atoms with E-state index in [9.17, 15) is 4.79 Å². The van der Waals surface area contributed by atoms with Gasteiger partial charge >= 0.3 is 0 Å². The van der Waals surface area contributed by atoms with E-state index < -0.39 is 0 Å². The Balaban J connectivity index is 2.84. The maximum atomic E-state index is 10.9. The van der Waals surface area contributed by atoms with Gasteiger partial charge in [-0.05, 0) is 20.8 Å². The molecule has 0 N–H and O–H groups in total. The predicted molar refractivity (Wildman–Crippen MR) is 43.7 cm³/mol. The summed E-state index contributed by atoms with van der Waals surface area (Å²) in [6.07, 6.45) is 0. The summed E-state index contributed by atoms with van der Waals surface area (Å²) >= 11 is 1.48. The number of aryl methyl sites for hydroxylation is 1. The van der Waals surface area contributed by atoms with Crippen LogP contribution in [0.15, 0.2) is 0 Å². The van der Waals surface area contributed by atoms with E-state index in [1.807, 2.05) is 13.8 Å². The van der Waals surface area contributed by atoms with Crippen molar-refractivity contribution < 1.29 is 4.79 Å². The van der Waals surface area contributed by atoms with Gasteiger partial charge in [0.25, 0.3) is 0 Å². The summed E-state index contributed by atoms with van der Waals surface area (Å²) in [4.78, 5) is 10.9. The van der Waals surface area contributed by atoms with E-state index >= 15 is 0 Å². The minimum absolute atomic E-state index is 0.0961. The highest BCUT2D eigenvalue weighted by Gasteiger charge is 2.14. The zero-order valence-electron chi connectivity index (χ0n) is 6.79. The van der Waals surface area contributed by atoms with Gasteiger partial charge in [0.1, 0.15) is 15.8 Å². The van der Waals surface area contributed by atoms with E-state index in [2.05, 4.69) is 10.2 Å². The van der Waals surface area contributed by atoms with Crippen LogP contribution >= 0.6 is 11.3 Å². The van der Waals surface area contributed by atoms with E-state index in [0.29, 0.717) is 0 Å². The summed E-state index contributed by atoms with van der Waals surface area (Å²) < 4.78 is 0. The Kier molecular flexibility index (Phi) is 2.34. The fourth-order valence-electron chi connectivity index (χ4n) is 0.661. The molecule has 1 rings (SSSR count). The van der Waals surface area contributed by atoms with Crippen molar-refractivity contribution in [2.45, 2.75) is 26.7 Å². The molecular formula is C7H10N2OS. The van der Waals surface area contributed by atoms with E-state index in [4.69, 9.17) is 0 Å². The normalized spacial score (nSPS) is 13.0. The fraction of sp³-hybridized carbons (Fsp3) is 0.571. The second-order valence-electron chi connectivity index (χ2n) is 2.49. The average Bonchev–Trinajstić information content (AvgIpc) is 2.34. The summed E-state index contributed by atoms with van der Waals surface area (Å²) in [5, 5.41) is 9.45. The Hall–Kier alpha value is -0.770. The predicted octanol–water partition coefficient (Wildman–Crippen LogP) is 1.54. The average molecular weight is 170 g/mol. The molecule has 0 aliphatic rings. The monoisotopic (exact) mass is 170 g/mol. The number of hydrogen-bond donors (Lipinski definition) is 0. The van der Waals surface area contributed by atoms with Gasteiger partial charge in [-0.2, -0.15) is 0 Å². The summed E-state index contributed by atoms with van der Waals surface area (Å²) in [6.45, 7) is 5.30. The van der Waals surface area contributed by atoms with Crippen LogP contribution in [0, 0.1) is 6.92 Å². The molecule has 0 fully saturated rings. The molecule has 0 aromatic carbocycles. The number of carbonyl (C=O) groups is 1. The van der Waals surface area contributed by atoms with Gasteiger partial charge in [-0.15, -0.1) is 21.5 Å². The number of hydrogen-bond acceptors (Lipinski definition) is 4. The summed E-state index contributed by atoms with van der Waals surface area (Å²) in [6, 6.07) is 0. The zero-order chi connectivity index (χ0) is 8.43. The standard InChI is InChI=1S/C7H10N2OS/c1-4(5(2)10)7-9-8-6(3)11-7/h4H,1-3H3. The fourth-order valence-corrected chi connectivity index (χ4v) is 1.47. The Morgan fingerprint density at radius 3 is 2.55 bits per heavy atom.